The Hall–Kier alpha value is -1.19. The van der Waals surface area contributed by atoms with E-state index in [-0.39, 0.29) is 5.02 Å². The third-order valence-electron chi connectivity index (χ3n) is 1.66. The van der Waals surface area contributed by atoms with Crippen molar-refractivity contribution in [3.63, 3.8) is 0 Å². The van der Waals surface area contributed by atoms with Gasteiger partial charge in [-0.15, -0.1) is 0 Å². The Bertz CT molecular complexity index is 594. The molecule has 0 bridgehead atoms. The molecule has 0 aliphatic rings. The summed E-state index contributed by atoms with van der Waals surface area (Å²) in [5, 5.41) is 1.65. The van der Waals surface area contributed by atoms with Gasteiger partial charge in [-0.1, -0.05) is 11.6 Å². The van der Waals surface area contributed by atoms with Crippen LogP contribution in [0.3, 0.4) is 0 Å². The molecule has 1 aromatic carbocycles. The maximum Gasteiger partial charge on any atom is 0.417 e. The summed E-state index contributed by atoms with van der Waals surface area (Å²) in [7, 11) is -3.66. The molecule has 1 rings (SSSR count). The van der Waals surface area contributed by atoms with Crippen molar-refractivity contribution in [3.05, 3.63) is 34.3 Å². The minimum Gasteiger partial charge on any atom is -0.216 e. The van der Waals surface area contributed by atoms with Crippen molar-refractivity contribution in [1.82, 2.24) is 0 Å². The fourth-order valence-corrected chi connectivity index (χ4v) is 1.48. The van der Waals surface area contributed by atoms with E-state index in [2.05, 4.69) is 0 Å². The van der Waals surface area contributed by atoms with Gasteiger partial charge in [0.15, 0.2) is 0 Å². The third kappa shape index (κ3) is 4.29. The average Bonchev–Trinajstić information content (AvgIpc) is 2.13. The van der Waals surface area contributed by atoms with Crippen molar-refractivity contribution < 1.29 is 21.6 Å². The molecule has 0 N–H and O–H groups in total. The van der Waals surface area contributed by atoms with Gasteiger partial charge in [-0.3, -0.25) is 0 Å². The van der Waals surface area contributed by atoms with Crippen LogP contribution in [0.4, 0.5) is 13.2 Å². The smallest absolute Gasteiger partial charge is 0.216 e. The zero-order valence-electron chi connectivity index (χ0n) is 8.47. The lowest BCUT2D eigenvalue weighted by atomic mass is 10.1. The molecule has 0 atom stereocenters. The highest BCUT2D eigenvalue weighted by Crippen LogP contribution is 2.33. The largest absolute Gasteiger partial charge is 0.417 e. The fourth-order valence-electron chi connectivity index (χ4n) is 1.01. The molecule has 0 saturated heterocycles. The first-order valence-corrected chi connectivity index (χ1v) is 6.46. The van der Waals surface area contributed by atoms with Gasteiger partial charge in [-0.2, -0.15) is 13.2 Å². The number of hydrogen-bond donors (Lipinski definition) is 0. The van der Waals surface area contributed by atoms with E-state index in [1.165, 1.54) is 6.07 Å². The van der Waals surface area contributed by atoms with Crippen LogP contribution in [-0.2, 0) is 16.0 Å². The molecule has 0 aliphatic carbocycles. The number of alkyl halides is 3. The Kier molecular flexibility index (Phi) is 3.74. The van der Waals surface area contributed by atoms with Gasteiger partial charge in [0, 0.05) is 15.8 Å². The van der Waals surface area contributed by atoms with Crippen molar-refractivity contribution in [1.29, 1.82) is 0 Å². The average molecular weight is 283 g/mol. The maximum atomic E-state index is 12.6. The fraction of sp³-hybridized carbons (Fsp3) is 0.200. The van der Waals surface area contributed by atoms with E-state index in [1.54, 1.807) is 5.25 Å². The Balaban J connectivity index is 3.39. The Morgan fingerprint density at radius 2 is 1.88 bits per heavy atom. The number of halogens is 4. The zero-order valence-corrected chi connectivity index (χ0v) is 10.0. The second kappa shape index (κ2) is 4.59. The molecule has 1 aromatic rings. The predicted molar refractivity (Wildman–Crippen MR) is 58.2 cm³/mol. The molecule has 0 spiro atoms. The minimum atomic E-state index is -4.63. The van der Waals surface area contributed by atoms with Gasteiger partial charge in [-0.25, -0.2) is 8.42 Å². The molecular weight excluding hydrogens is 277 g/mol. The lowest BCUT2D eigenvalue weighted by Crippen LogP contribution is -2.07. The molecule has 0 aromatic heterocycles. The molecule has 17 heavy (non-hydrogen) atoms. The van der Waals surface area contributed by atoms with Crippen LogP contribution in [0.25, 0.3) is 0 Å². The summed E-state index contributed by atoms with van der Waals surface area (Å²) < 4.78 is 59.2. The number of benzene rings is 1. The van der Waals surface area contributed by atoms with Crippen LogP contribution in [0.15, 0.2) is 18.2 Å². The van der Waals surface area contributed by atoms with Crippen LogP contribution >= 0.6 is 11.6 Å². The summed E-state index contributed by atoms with van der Waals surface area (Å²) >= 11 is 5.45. The number of hydrogen-bond acceptors (Lipinski definition) is 2. The van der Waals surface area contributed by atoms with E-state index < -0.39 is 27.1 Å². The first kappa shape index (κ1) is 13.9. The van der Waals surface area contributed by atoms with E-state index in [0.29, 0.717) is 6.07 Å². The predicted octanol–water partition coefficient (Wildman–Crippen LogP) is 2.71. The van der Waals surface area contributed by atoms with E-state index in [0.717, 1.165) is 12.3 Å². The van der Waals surface area contributed by atoms with Gasteiger partial charge in [0.2, 0.25) is 9.84 Å². The number of rotatable bonds is 0. The van der Waals surface area contributed by atoms with Crippen LogP contribution in [0.2, 0.25) is 5.02 Å². The van der Waals surface area contributed by atoms with Gasteiger partial charge in [0.1, 0.15) is 0 Å². The van der Waals surface area contributed by atoms with Crippen molar-refractivity contribution in [2.45, 2.75) is 6.18 Å². The second-order valence-corrected chi connectivity index (χ2v) is 5.37. The van der Waals surface area contributed by atoms with Crippen molar-refractivity contribution >= 4 is 21.4 Å². The van der Waals surface area contributed by atoms with Crippen LogP contribution in [0.5, 0.6) is 0 Å². The monoisotopic (exact) mass is 282 g/mol. The molecule has 0 unspecified atom stereocenters. The van der Waals surface area contributed by atoms with Crippen molar-refractivity contribution in [2.75, 3.05) is 6.26 Å². The molecule has 2 nitrogen and oxygen atoms in total. The quantitative estimate of drug-likeness (QED) is 0.686. The molecule has 0 saturated carbocycles. The van der Waals surface area contributed by atoms with Gasteiger partial charge < -0.3 is 0 Å². The van der Waals surface area contributed by atoms with Crippen molar-refractivity contribution in [3.8, 4) is 11.2 Å². The molecule has 0 amide bonds. The van der Waals surface area contributed by atoms with Gasteiger partial charge >= 0.3 is 6.18 Å². The van der Waals surface area contributed by atoms with Crippen LogP contribution in [-0.4, -0.2) is 14.7 Å². The molecule has 0 radical (unpaired) electrons. The SMILES string of the molecule is CS(=O)(=O)C#Cc1ccc(Cl)cc1C(F)(F)F. The van der Waals surface area contributed by atoms with Crippen LogP contribution < -0.4 is 0 Å². The highest BCUT2D eigenvalue weighted by atomic mass is 35.5. The topological polar surface area (TPSA) is 34.1 Å². The Labute approximate surface area is 101 Å². The summed E-state index contributed by atoms with van der Waals surface area (Å²) in [4.78, 5) is 0. The minimum absolute atomic E-state index is 0.0952. The molecule has 7 heteroatoms. The van der Waals surface area contributed by atoms with Crippen LogP contribution in [0, 0.1) is 11.2 Å². The van der Waals surface area contributed by atoms with Crippen LogP contribution in [0.1, 0.15) is 11.1 Å². The zero-order chi connectivity index (χ0) is 13.3. The van der Waals surface area contributed by atoms with Gasteiger partial charge in [-0.05, 0) is 24.1 Å². The standard InChI is InChI=1S/C10H6ClF3O2S/c1-17(15,16)5-4-7-2-3-8(11)6-9(7)10(12,13)14/h2-3,6H,1H3. The second-order valence-electron chi connectivity index (χ2n) is 3.19. The van der Waals surface area contributed by atoms with Gasteiger partial charge in [0.25, 0.3) is 0 Å². The first-order chi connectivity index (χ1) is 7.59. The Morgan fingerprint density at radius 1 is 1.29 bits per heavy atom. The third-order valence-corrected chi connectivity index (χ3v) is 2.37. The van der Waals surface area contributed by atoms with E-state index in [4.69, 9.17) is 11.6 Å². The molecule has 92 valence electrons. The number of sulfone groups is 1. The van der Waals surface area contributed by atoms with E-state index in [9.17, 15) is 21.6 Å². The summed E-state index contributed by atoms with van der Waals surface area (Å²) in [6, 6.07) is 2.94. The first-order valence-electron chi connectivity index (χ1n) is 4.19. The maximum absolute atomic E-state index is 12.6. The summed E-state index contributed by atoms with van der Waals surface area (Å²) in [5.41, 5.74) is -1.48. The van der Waals surface area contributed by atoms with E-state index in [1.807, 2.05) is 5.92 Å². The lowest BCUT2D eigenvalue weighted by molar-refractivity contribution is -0.137. The van der Waals surface area contributed by atoms with Gasteiger partial charge in [0.05, 0.1) is 11.8 Å². The molecular formula is C10H6ClF3O2S. The Morgan fingerprint density at radius 3 is 2.35 bits per heavy atom. The summed E-state index contributed by atoms with van der Waals surface area (Å²) in [5.74, 6) is 1.97. The lowest BCUT2D eigenvalue weighted by Gasteiger charge is -2.09. The molecule has 0 heterocycles. The molecule has 0 fully saturated rings. The highest BCUT2D eigenvalue weighted by molar-refractivity contribution is 7.95. The normalized spacial score (nSPS) is 11.8. The highest BCUT2D eigenvalue weighted by Gasteiger charge is 2.33. The van der Waals surface area contributed by atoms with Crippen molar-refractivity contribution in [2.24, 2.45) is 0 Å². The van der Waals surface area contributed by atoms with E-state index >= 15 is 0 Å². The summed E-state index contributed by atoms with van der Waals surface area (Å²) in [6.07, 6.45) is -3.82. The summed E-state index contributed by atoms with van der Waals surface area (Å²) in [6.45, 7) is 0. The molecule has 0 aliphatic heterocycles.